The van der Waals surface area contributed by atoms with E-state index in [0.29, 0.717) is 22.6 Å². The van der Waals surface area contributed by atoms with Crippen molar-refractivity contribution in [1.82, 2.24) is 0 Å². The number of methoxy groups -OCH3 is 2. The Hall–Kier alpha value is -1.79. The quantitative estimate of drug-likeness (QED) is 0.847. The summed E-state index contributed by atoms with van der Waals surface area (Å²) in [7, 11) is 2.96. The highest BCUT2D eigenvalue weighted by Crippen LogP contribution is 2.43. The number of aliphatic hydroxyl groups is 1. The van der Waals surface area contributed by atoms with Crippen LogP contribution >= 0.6 is 0 Å². The number of carboxylic acids is 1. The normalized spacial score (nSPS) is 25.6. The molecule has 2 N–H and O–H groups in total. The van der Waals surface area contributed by atoms with Gasteiger partial charge in [0.1, 0.15) is 11.5 Å². The van der Waals surface area contributed by atoms with Crippen LogP contribution in [0.4, 0.5) is 0 Å². The molecule has 2 rings (SSSR count). The summed E-state index contributed by atoms with van der Waals surface area (Å²) in [5.41, 5.74) is 0.998. The largest absolute Gasteiger partial charge is 0.496 e. The van der Waals surface area contributed by atoms with Gasteiger partial charge in [0.2, 0.25) is 0 Å². The number of hydrogen-bond acceptors (Lipinski definition) is 5. The zero-order valence-corrected chi connectivity index (χ0v) is 11.0. The molecule has 0 radical (unpaired) electrons. The van der Waals surface area contributed by atoms with Crippen molar-refractivity contribution >= 4 is 5.97 Å². The van der Waals surface area contributed by atoms with Gasteiger partial charge in [-0.05, 0) is 19.1 Å². The predicted molar refractivity (Wildman–Crippen MR) is 65.3 cm³/mol. The van der Waals surface area contributed by atoms with Gasteiger partial charge in [0.05, 0.1) is 19.8 Å². The molecule has 0 spiro atoms. The molecule has 104 valence electrons. The van der Waals surface area contributed by atoms with Crippen LogP contribution in [0.2, 0.25) is 0 Å². The third kappa shape index (κ3) is 2.24. The van der Waals surface area contributed by atoms with Crippen LogP contribution in [-0.2, 0) is 21.7 Å². The first-order chi connectivity index (χ1) is 8.90. The van der Waals surface area contributed by atoms with Gasteiger partial charge < -0.3 is 24.4 Å². The molecule has 0 bridgehead atoms. The van der Waals surface area contributed by atoms with E-state index in [4.69, 9.17) is 19.3 Å². The minimum absolute atomic E-state index is 0.112. The van der Waals surface area contributed by atoms with Gasteiger partial charge in [0, 0.05) is 12.0 Å². The van der Waals surface area contributed by atoms with Crippen molar-refractivity contribution in [2.45, 2.75) is 25.2 Å². The van der Waals surface area contributed by atoms with Crippen LogP contribution in [0.15, 0.2) is 12.1 Å². The monoisotopic (exact) mass is 268 g/mol. The fourth-order valence-corrected chi connectivity index (χ4v) is 2.38. The molecule has 2 unspecified atom stereocenters. The number of fused-ring (bicyclic) bond motifs is 1. The van der Waals surface area contributed by atoms with Crippen molar-refractivity contribution in [3.8, 4) is 11.5 Å². The summed E-state index contributed by atoms with van der Waals surface area (Å²) in [5.74, 6) is -1.93. The Morgan fingerprint density at radius 3 is 2.47 bits per heavy atom. The van der Waals surface area contributed by atoms with E-state index in [1.807, 2.05) is 0 Å². The average Bonchev–Trinajstić information content (AvgIpc) is 2.36. The summed E-state index contributed by atoms with van der Waals surface area (Å²) < 4.78 is 15.6. The smallest absolute Gasteiger partial charge is 0.333 e. The molecule has 0 amide bonds. The molecule has 1 aromatic carbocycles. The van der Waals surface area contributed by atoms with E-state index in [0.717, 1.165) is 0 Å². The van der Waals surface area contributed by atoms with Crippen molar-refractivity contribution < 1.29 is 29.2 Å². The lowest BCUT2D eigenvalue weighted by Crippen LogP contribution is -2.42. The molecule has 0 aromatic heterocycles. The van der Waals surface area contributed by atoms with Gasteiger partial charge in [0.15, 0.2) is 11.9 Å². The van der Waals surface area contributed by atoms with Crippen LogP contribution in [-0.4, -0.2) is 36.5 Å². The van der Waals surface area contributed by atoms with Crippen molar-refractivity contribution in [2.24, 2.45) is 0 Å². The number of carbonyl (C=O) groups is 1. The van der Waals surface area contributed by atoms with Gasteiger partial charge in [0.25, 0.3) is 0 Å². The van der Waals surface area contributed by atoms with Gasteiger partial charge in [-0.15, -0.1) is 0 Å². The minimum atomic E-state index is -1.74. The fourth-order valence-electron chi connectivity index (χ4n) is 2.38. The number of rotatable bonds is 3. The average molecular weight is 268 g/mol. The minimum Gasteiger partial charge on any atom is -0.496 e. The first-order valence-electron chi connectivity index (χ1n) is 5.78. The van der Waals surface area contributed by atoms with Gasteiger partial charge in [-0.1, -0.05) is 0 Å². The number of ether oxygens (including phenoxy) is 3. The lowest BCUT2D eigenvalue weighted by atomic mass is 9.91. The Labute approximate surface area is 110 Å². The zero-order chi connectivity index (χ0) is 14.2. The second kappa shape index (κ2) is 4.71. The first-order valence-corrected chi connectivity index (χ1v) is 5.78. The van der Waals surface area contributed by atoms with E-state index >= 15 is 0 Å². The van der Waals surface area contributed by atoms with Crippen molar-refractivity contribution in [1.29, 1.82) is 0 Å². The fraction of sp³-hybridized carbons (Fsp3) is 0.462. The molecular formula is C13H16O6. The van der Waals surface area contributed by atoms with Gasteiger partial charge >= 0.3 is 5.97 Å². The van der Waals surface area contributed by atoms with E-state index < -0.39 is 17.9 Å². The van der Waals surface area contributed by atoms with Crippen LogP contribution in [0.25, 0.3) is 0 Å². The molecule has 6 heteroatoms. The molecule has 1 aliphatic heterocycles. The molecule has 2 atom stereocenters. The van der Waals surface area contributed by atoms with Crippen LogP contribution in [0.5, 0.6) is 11.5 Å². The highest BCUT2D eigenvalue weighted by Gasteiger charge is 2.42. The molecule has 0 fully saturated rings. The highest BCUT2D eigenvalue weighted by molar-refractivity contribution is 5.74. The van der Waals surface area contributed by atoms with E-state index in [1.54, 1.807) is 12.1 Å². The van der Waals surface area contributed by atoms with Crippen LogP contribution in [0.1, 0.15) is 18.1 Å². The van der Waals surface area contributed by atoms with Crippen molar-refractivity contribution in [3.63, 3.8) is 0 Å². The molecule has 0 saturated carbocycles. The Bertz CT molecular complexity index is 508. The van der Waals surface area contributed by atoms with Gasteiger partial charge in [-0.2, -0.15) is 0 Å². The summed E-state index contributed by atoms with van der Waals surface area (Å²) in [6, 6.07) is 3.33. The Morgan fingerprint density at radius 1 is 1.37 bits per heavy atom. The van der Waals surface area contributed by atoms with Crippen LogP contribution in [0.3, 0.4) is 0 Å². The highest BCUT2D eigenvalue weighted by atomic mass is 16.6. The Kier molecular flexibility index (Phi) is 3.38. The van der Waals surface area contributed by atoms with Crippen molar-refractivity contribution in [2.75, 3.05) is 14.2 Å². The van der Waals surface area contributed by atoms with Crippen LogP contribution in [0, 0.1) is 0 Å². The van der Waals surface area contributed by atoms with E-state index in [1.165, 1.54) is 21.1 Å². The SMILES string of the molecule is COc1ccc(OC)c2c1CC(C(=O)O)OC2(C)O. The Balaban J connectivity index is 2.63. The van der Waals surface area contributed by atoms with Crippen molar-refractivity contribution in [3.05, 3.63) is 23.3 Å². The maximum Gasteiger partial charge on any atom is 0.333 e. The lowest BCUT2D eigenvalue weighted by Gasteiger charge is -2.36. The second-order valence-corrected chi connectivity index (χ2v) is 4.46. The standard InChI is InChI=1S/C13H16O6/c1-13(16)11-7(6-10(19-13)12(14)15)8(17-2)4-5-9(11)18-3/h4-5,10,16H,6H2,1-3H3,(H,14,15). The van der Waals surface area contributed by atoms with E-state index in [-0.39, 0.29) is 6.42 Å². The number of aliphatic carboxylic acids is 1. The van der Waals surface area contributed by atoms with Gasteiger partial charge in [-0.25, -0.2) is 4.79 Å². The van der Waals surface area contributed by atoms with Gasteiger partial charge in [-0.3, -0.25) is 0 Å². The molecule has 6 nitrogen and oxygen atoms in total. The first kappa shape index (κ1) is 13.6. The lowest BCUT2D eigenvalue weighted by molar-refractivity contribution is -0.239. The number of benzene rings is 1. The topological polar surface area (TPSA) is 85.2 Å². The molecule has 0 aliphatic carbocycles. The Morgan fingerprint density at radius 2 is 1.95 bits per heavy atom. The van der Waals surface area contributed by atoms with Crippen LogP contribution < -0.4 is 9.47 Å². The third-order valence-electron chi connectivity index (χ3n) is 3.17. The third-order valence-corrected chi connectivity index (χ3v) is 3.17. The summed E-state index contributed by atoms with van der Waals surface area (Å²) in [6.07, 6.45) is -1.01. The summed E-state index contributed by atoms with van der Waals surface area (Å²) >= 11 is 0. The predicted octanol–water partition coefficient (Wildman–Crippen LogP) is 0.895. The molecule has 1 heterocycles. The summed E-state index contributed by atoms with van der Waals surface area (Å²) in [6.45, 7) is 1.39. The molecule has 1 aromatic rings. The zero-order valence-electron chi connectivity index (χ0n) is 11.0. The molecular weight excluding hydrogens is 252 g/mol. The van der Waals surface area contributed by atoms with E-state index in [2.05, 4.69) is 0 Å². The maximum atomic E-state index is 11.1. The van der Waals surface area contributed by atoms with E-state index in [9.17, 15) is 9.90 Å². The maximum absolute atomic E-state index is 11.1. The number of carboxylic acid groups (broad SMARTS) is 1. The second-order valence-electron chi connectivity index (χ2n) is 4.46. The summed E-state index contributed by atoms with van der Waals surface area (Å²) in [4.78, 5) is 11.1. The molecule has 19 heavy (non-hydrogen) atoms. The number of hydrogen-bond donors (Lipinski definition) is 2. The molecule has 1 aliphatic rings. The summed E-state index contributed by atoms with van der Waals surface area (Å²) in [5, 5.41) is 19.4. The molecule has 0 saturated heterocycles.